The van der Waals surface area contributed by atoms with E-state index in [4.69, 9.17) is 0 Å². The minimum atomic E-state index is 0.235. The minimum absolute atomic E-state index is 0.235. The zero-order valence-corrected chi connectivity index (χ0v) is 13.7. The maximum Gasteiger partial charge on any atom is 0.0404 e. The van der Waals surface area contributed by atoms with Gasteiger partial charge in [-0.3, -0.25) is 0 Å². The van der Waals surface area contributed by atoms with Crippen molar-refractivity contribution in [2.75, 3.05) is 18.0 Å². The summed E-state index contributed by atoms with van der Waals surface area (Å²) < 4.78 is 0. The smallest absolute Gasteiger partial charge is 0.0404 e. The van der Waals surface area contributed by atoms with Crippen molar-refractivity contribution >= 4 is 5.69 Å². The fraction of sp³-hybridized carbons (Fsp3) is 0.667. The fourth-order valence-corrected chi connectivity index (χ4v) is 2.66. The Morgan fingerprint density at radius 2 is 1.53 bits per heavy atom. The van der Waals surface area contributed by atoms with Crippen LogP contribution in [0.5, 0.6) is 0 Å². The summed E-state index contributed by atoms with van der Waals surface area (Å²) in [6.45, 7) is 15.6. The molecule has 1 saturated heterocycles. The van der Waals surface area contributed by atoms with Gasteiger partial charge < -0.3 is 4.90 Å². The average Bonchev–Trinajstić information content (AvgIpc) is 2.41. The van der Waals surface area contributed by atoms with E-state index in [-0.39, 0.29) is 5.41 Å². The molecule has 108 valence electrons. The lowest BCUT2D eigenvalue weighted by molar-refractivity contribution is 0.556. The maximum atomic E-state index is 2.57. The van der Waals surface area contributed by atoms with Gasteiger partial charge in [0.15, 0.2) is 0 Å². The molecule has 0 bridgehead atoms. The van der Waals surface area contributed by atoms with Crippen LogP contribution in [0.3, 0.4) is 0 Å². The van der Waals surface area contributed by atoms with Gasteiger partial charge in [0.25, 0.3) is 0 Å². The van der Waals surface area contributed by atoms with Crippen molar-refractivity contribution in [3.63, 3.8) is 0 Å². The number of piperidine rings is 1. The second-order valence-corrected chi connectivity index (χ2v) is 6.32. The molecule has 0 atom stereocenters. The molecule has 1 aromatic carbocycles. The van der Waals surface area contributed by atoms with E-state index in [0.717, 1.165) is 0 Å². The third-order valence-electron chi connectivity index (χ3n) is 3.66. The quantitative estimate of drug-likeness (QED) is 0.662. The first-order valence-corrected chi connectivity index (χ1v) is 7.84. The molecule has 1 aliphatic rings. The van der Waals surface area contributed by atoms with E-state index >= 15 is 0 Å². The van der Waals surface area contributed by atoms with Crippen LogP contribution in [0.25, 0.3) is 0 Å². The van der Waals surface area contributed by atoms with Gasteiger partial charge in [-0.1, -0.05) is 52.3 Å². The second-order valence-electron chi connectivity index (χ2n) is 6.32. The molecule has 0 saturated carbocycles. The molecule has 0 radical (unpaired) electrons. The summed E-state index contributed by atoms with van der Waals surface area (Å²) >= 11 is 0. The molecular weight excluding hydrogens is 230 g/mol. The highest BCUT2D eigenvalue weighted by Gasteiger charge is 2.22. The number of aryl methyl sites for hydroxylation is 1. The molecule has 0 spiro atoms. The lowest BCUT2D eigenvalue weighted by Crippen LogP contribution is -2.31. The number of rotatable bonds is 1. The van der Waals surface area contributed by atoms with Crippen LogP contribution in [0.1, 0.15) is 65.0 Å². The molecule has 1 heterocycles. The Morgan fingerprint density at radius 3 is 2.05 bits per heavy atom. The highest BCUT2D eigenvalue weighted by Crippen LogP contribution is 2.34. The standard InChI is InChI=1S/C16H25N.C2H6/c1-13-8-9-15(14(12-13)16(2,3)4)17-10-6-5-7-11-17;1-2/h8-9,12H,5-7,10-11H2,1-4H3;1-2H3. The molecule has 2 rings (SSSR count). The van der Waals surface area contributed by atoms with Gasteiger partial charge in [0.05, 0.1) is 0 Å². The van der Waals surface area contributed by atoms with Gasteiger partial charge in [0, 0.05) is 18.8 Å². The molecule has 0 N–H and O–H groups in total. The van der Waals surface area contributed by atoms with E-state index in [0.29, 0.717) is 0 Å². The highest BCUT2D eigenvalue weighted by molar-refractivity contribution is 5.57. The molecule has 0 unspecified atom stereocenters. The van der Waals surface area contributed by atoms with Crippen LogP contribution in [0.2, 0.25) is 0 Å². The van der Waals surface area contributed by atoms with Gasteiger partial charge >= 0.3 is 0 Å². The Labute approximate surface area is 120 Å². The number of benzene rings is 1. The predicted octanol–water partition coefficient (Wildman–Crippen LogP) is 5.31. The van der Waals surface area contributed by atoms with E-state index in [1.807, 2.05) is 13.8 Å². The Morgan fingerprint density at radius 1 is 0.947 bits per heavy atom. The predicted molar refractivity (Wildman–Crippen MR) is 87.3 cm³/mol. The van der Waals surface area contributed by atoms with Crippen LogP contribution < -0.4 is 4.90 Å². The average molecular weight is 261 g/mol. The second kappa shape index (κ2) is 6.98. The lowest BCUT2D eigenvalue weighted by atomic mass is 9.84. The Hall–Kier alpha value is -0.980. The summed E-state index contributed by atoms with van der Waals surface area (Å²) in [5.74, 6) is 0. The van der Waals surface area contributed by atoms with E-state index in [9.17, 15) is 0 Å². The molecule has 1 heteroatoms. The summed E-state index contributed by atoms with van der Waals surface area (Å²) in [7, 11) is 0. The Balaban J connectivity index is 0.000000861. The maximum absolute atomic E-state index is 2.57. The first-order valence-electron chi connectivity index (χ1n) is 7.84. The van der Waals surface area contributed by atoms with Crippen LogP contribution in [0, 0.1) is 6.92 Å². The molecule has 0 amide bonds. The topological polar surface area (TPSA) is 3.24 Å². The number of hydrogen-bond donors (Lipinski definition) is 0. The van der Waals surface area contributed by atoms with Gasteiger partial charge in [-0.15, -0.1) is 0 Å². The molecule has 1 aliphatic heterocycles. The number of nitrogens with zero attached hydrogens (tertiary/aromatic N) is 1. The highest BCUT2D eigenvalue weighted by atomic mass is 15.1. The SMILES string of the molecule is CC.Cc1ccc(N2CCCCC2)c(C(C)(C)C)c1. The van der Waals surface area contributed by atoms with Crippen molar-refractivity contribution in [2.45, 2.75) is 66.2 Å². The van der Waals surface area contributed by atoms with E-state index in [1.165, 1.54) is 49.2 Å². The van der Waals surface area contributed by atoms with Crippen LogP contribution in [0.4, 0.5) is 5.69 Å². The van der Waals surface area contributed by atoms with E-state index < -0.39 is 0 Å². The van der Waals surface area contributed by atoms with Crippen LogP contribution >= 0.6 is 0 Å². The fourth-order valence-electron chi connectivity index (χ4n) is 2.66. The summed E-state index contributed by atoms with van der Waals surface area (Å²) in [4.78, 5) is 2.57. The van der Waals surface area contributed by atoms with Gasteiger partial charge in [-0.25, -0.2) is 0 Å². The zero-order valence-electron chi connectivity index (χ0n) is 13.7. The largest absolute Gasteiger partial charge is 0.371 e. The third kappa shape index (κ3) is 4.26. The van der Waals surface area contributed by atoms with Gasteiger partial charge in [-0.05, 0) is 43.2 Å². The van der Waals surface area contributed by atoms with E-state index in [2.05, 4.69) is 50.8 Å². The van der Waals surface area contributed by atoms with Crippen molar-refractivity contribution in [1.82, 2.24) is 0 Å². The van der Waals surface area contributed by atoms with Crippen molar-refractivity contribution in [3.05, 3.63) is 29.3 Å². The number of hydrogen-bond acceptors (Lipinski definition) is 1. The Kier molecular flexibility index (Phi) is 5.90. The van der Waals surface area contributed by atoms with Gasteiger partial charge in [0.1, 0.15) is 0 Å². The molecule has 0 aliphatic carbocycles. The van der Waals surface area contributed by atoms with Gasteiger partial charge in [-0.2, -0.15) is 0 Å². The van der Waals surface area contributed by atoms with Crippen molar-refractivity contribution < 1.29 is 0 Å². The monoisotopic (exact) mass is 261 g/mol. The summed E-state index contributed by atoms with van der Waals surface area (Å²) in [5, 5.41) is 0. The molecule has 1 nitrogen and oxygen atoms in total. The van der Waals surface area contributed by atoms with Crippen LogP contribution in [0.15, 0.2) is 18.2 Å². The first kappa shape index (κ1) is 16.1. The zero-order chi connectivity index (χ0) is 14.5. The lowest BCUT2D eigenvalue weighted by Gasteiger charge is -2.34. The molecule has 1 aromatic rings. The molecule has 1 fully saturated rings. The normalized spacial score (nSPS) is 15.8. The third-order valence-corrected chi connectivity index (χ3v) is 3.66. The molecule has 19 heavy (non-hydrogen) atoms. The molecule has 0 aromatic heterocycles. The van der Waals surface area contributed by atoms with Crippen LogP contribution in [-0.4, -0.2) is 13.1 Å². The molecular formula is C18H31N. The van der Waals surface area contributed by atoms with Crippen molar-refractivity contribution in [2.24, 2.45) is 0 Å². The summed E-state index contributed by atoms with van der Waals surface area (Å²) in [6.07, 6.45) is 4.09. The minimum Gasteiger partial charge on any atom is -0.371 e. The van der Waals surface area contributed by atoms with Gasteiger partial charge in [0.2, 0.25) is 0 Å². The van der Waals surface area contributed by atoms with E-state index in [1.54, 1.807) is 0 Å². The Bertz CT molecular complexity index is 381. The van der Waals surface area contributed by atoms with Crippen molar-refractivity contribution in [3.8, 4) is 0 Å². The number of anilines is 1. The van der Waals surface area contributed by atoms with Crippen LogP contribution in [-0.2, 0) is 5.41 Å². The summed E-state index contributed by atoms with van der Waals surface area (Å²) in [5.41, 5.74) is 4.57. The van der Waals surface area contributed by atoms with Crippen molar-refractivity contribution in [1.29, 1.82) is 0 Å². The first-order chi connectivity index (χ1) is 8.98. The summed E-state index contributed by atoms with van der Waals surface area (Å²) in [6, 6.07) is 6.93.